The lowest BCUT2D eigenvalue weighted by Crippen LogP contribution is -2.51. The number of amides is 2. The first-order chi connectivity index (χ1) is 16.3. The molecule has 1 heterocycles. The van der Waals surface area contributed by atoms with Crippen LogP contribution in [0.3, 0.4) is 0 Å². The van der Waals surface area contributed by atoms with Gasteiger partial charge in [0.15, 0.2) is 11.5 Å². The monoisotopic (exact) mass is 468 g/mol. The summed E-state index contributed by atoms with van der Waals surface area (Å²) in [4.78, 5) is 27.9. The molecular formula is C27H36N2O5. The van der Waals surface area contributed by atoms with Gasteiger partial charge < -0.3 is 24.4 Å². The molecule has 34 heavy (non-hydrogen) atoms. The van der Waals surface area contributed by atoms with Gasteiger partial charge in [-0.25, -0.2) is 0 Å². The Morgan fingerprint density at radius 2 is 1.65 bits per heavy atom. The number of methoxy groups -OCH3 is 3. The maximum Gasteiger partial charge on any atom is 0.227 e. The Hall–Kier alpha value is -3.22. The van der Waals surface area contributed by atoms with E-state index in [-0.39, 0.29) is 11.8 Å². The number of nitrogens with zero attached hydrogens (tertiary/aromatic N) is 1. The summed E-state index contributed by atoms with van der Waals surface area (Å²) in [6, 6.07) is 11.9. The van der Waals surface area contributed by atoms with Crippen molar-refractivity contribution >= 4 is 11.8 Å². The predicted molar refractivity (Wildman–Crippen MR) is 131 cm³/mol. The highest BCUT2D eigenvalue weighted by Crippen LogP contribution is 2.38. The summed E-state index contributed by atoms with van der Waals surface area (Å²) < 4.78 is 16.2. The van der Waals surface area contributed by atoms with Gasteiger partial charge in [0.1, 0.15) is 0 Å². The van der Waals surface area contributed by atoms with Gasteiger partial charge in [-0.2, -0.15) is 0 Å². The van der Waals surface area contributed by atoms with Crippen LogP contribution in [0, 0.1) is 12.3 Å². The second kappa shape index (κ2) is 11.3. The van der Waals surface area contributed by atoms with Crippen molar-refractivity contribution in [2.75, 3.05) is 34.4 Å². The van der Waals surface area contributed by atoms with Crippen LogP contribution in [-0.2, 0) is 22.6 Å². The Labute approximate surface area is 202 Å². The zero-order chi connectivity index (χ0) is 24.7. The SMILES string of the molecule is COc1cc(CCC(=O)N2CCCC(C)(C(=O)NCc3ccc(C)cc3)C2)cc(OC)c1OC. The summed E-state index contributed by atoms with van der Waals surface area (Å²) in [5.41, 5.74) is 2.59. The van der Waals surface area contributed by atoms with Gasteiger partial charge >= 0.3 is 0 Å². The first-order valence-electron chi connectivity index (χ1n) is 11.7. The minimum absolute atomic E-state index is 0.00444. The lowest BCUT2D eigenvalue weighted by atomic mass is 9.80. The van der Waals surface area contributed by atoms with Crippen molar-refractivity contribution in [3.05, 3.63) is 53.1 Å². The van der Waals surface area contributed by atoms with E-state index in [4.69, 9.17) is 14.2 Å². The maximum atomic E-state index is 13.0. The number of benzene rings is 2. The molecule has 0 spiro atoms. The number of rotatable bonds is 9. The van der Waals surface area contributed by atoms with Crippen LogP contribution in [0.15, 0.2) is 36.4 Å². The van der Waals surface area contributed by atoms with E-state index in [0.717, 1.165) is 24.0 Å². The fourth-order valence-electron chi connectivity index (χ4n) is 4.43. The van der Waals surface area contributed by atoms with Gasteiger partial charge in [0.2, 0.25) is 17.6 Å². The molecule has 7 heteroatoms. The number of carbonyl (C=O) groups excluding carboxylic acids is 2. The van der Waals surface area contributed by atoms with Crippen LogP contribution in [0.25, 0.3) is 0 Å². The highest BCUT2D eigenvalue weighted by atomic mass is 16.5. The molecule has 1 fully saturated rings. The molecule has 184 valence electrons. The van der Waals surface area contributed by atoms with Gasteiger partial charge in [0.05, 0.1) is 26.7 Å². The fourth-order valence-corrected chi connectivity index (χ4v) is 4.43. The molecule has 0 radical (unpaired) electrons. The van der Waals surface area contributed by atoms with Crippen LogP contribution >= 0.6 is 0 Å². The van der Waals surface area contributed by atoms with Crippen LogP contribution in [0.4, 0.5) is 0 Å². The first kappa shape index (κ1) is 25.4. The molecule has 0 aliphatic carbocycles. The molecule has 1 saturated heterocycles. The van der Waals surface area contributed by atoms with Crippen molar-refractivity contribution in [1.82, 2.24) is 10.2 Å². The fraction of sp³-hybridized carbons (Fsp3) is 0.481. The normalized spacial score (nSPS) is 17.7. The van der Waals surface area contributed by atoms with Gasteiger partial charge in [0.25, 0.3) is 0 Å². The van der Waals surface area contributed by atoms with E-state index < -0.39 is 5.41 Å². The molecule has 3 rings (SSSR count). The van der Waals surface area contributed by atoms with E-state index in [1.807, 2.05) is 55.1 Å². The van der Waals surface area contributed by atoms with Crippen LogP contribution in [0.1, 0.15) is 42.9 Å². The molecule has 2 aromatic carbocycles. The van der Waals surface area contributed by atoms with E-state index in [9.17, 15) is 9.59 Å². The molecule has 0 saturated carbocycles. The van der Waals surface area contributed by atoms with Crippen molar-refractivity contribution in [2.24, 2.45) is 5.41 Å². The van der Waals surface area contributed by atoms with Crippen LogP contribution in [0.2, 0.25) is 0 Å². The van der Waals surface area contributed by atoms with Gasteiger partial charge in [-0.05, 0) is 56.4 Å². The lowest BCUT2D eigenvalue weighted by Gasteiger charge is -2.39. The molecule has 0 aromatic heterocycles. The third kappa shape index (κ3) is 6.01. The second-order valence-electron chi connectivity index (χ2n) is 9.18. The Morgan fingerprint density at radius 3 is 2.24 bits per heavy atom. The second-order valence-corrected chi connectivity index (χ2v) is 9.18. The average molecular weight is 469 g/mol. The number of hydrogen-bond acceptors (Lipinski definition) is 5. The van der Waals surface area contributed by atoms with Crippen molar-refractivity contribution in [1.29, 1.82) is 0 Å². The van der Waals surface area contributed by atoms with Crippen LogP contribution in [0.5, 0.6) is 17.2 Å². The number of hydrogen-bond donors (Lipinski definition) is 1. The van der Waals surface area contributed by atoms with Crippen LogP contribution < -0.4 is 19.5 Å². The molecule has 1 aliphatic heterocycles. The number of nitrogens with one attached hydrogen (secondary N) is 1. The van der Waals surface area contributed by atoms with E-state index in [1.165, 1.54) is 5.56 Å². The quantitative estimate of drug-likeness (QED) is 0.604. The number of piperidine rings is 1. The summed E-state index contributed by atoms with van der Waals surface area (Å²) in [5, 5.41) is 3.07. The highest BCUT2D eigenvalue weighted by molar-refractivity contribution is 5.84. The third-order valence-corrected chi connectivity index (χ3v) is 6.52. The minimum atomic E-state index is -0.592. The third-order valence-electron chi connectivity index (χ3n) is 6.52. The van der Waals surface area contributed by atoms with E-state index in [1.54, 1.807) is 21.3 Å². The average Bonchev–Trinajstić information content (AvgIpc) is 2.85. The summed E-state index contributed by atoms with van der Waals surface area (Å²) in [5.74, 6) is 1.71. The number of likely N-dealkylation sites (tertiary alicyclic amines) is 1. The topological polar surface area (TPSA) is 77.1 Å². The molecule has 1 atom stereocenters. The Kier molecular flexibility index (Phi) is 8.42. The molecule has 1 aliphatic rings. The van der Waals surface area contributed by atoms with Crippen molar-refractivity contribution in [3.63, 3.8) is 0 Å². The van der Waals surface area contributed by atoms with Crippen molar-refractivity contribution in [2.45, 2.75) is 46.1 Å². The van der Waals surface area contributed by atoms with Gasteiger partial charge in [-0.15, -0.1) is 0 Å². The van der Waals surface area contributed by atoms with Crippen molar-refractivity contribution < 1.29 is 23.8 Å². The molecular weight excluding hydrogens is 432 g/mol. The van der Waals surface area contributed by atoms with Gasteiger partial charge in [0, 0.05) is 26.1 Å². The molecule has 2 amide bonds. The maximum absolute atomic E-state index is 13.0. The van der Waals surface area contributed by atoms with E-state index >= 15 is 0 Å². The molecule has 2 aromatic rings. The highest BCUT2D eigenvalue weighted by Gasteiger charge is 2.39. The van der Waals surface area contributed by atoms with E-state index in [0.29, 0.717) is 49.7 Å². The predicted octanol–water partition coefficient (Wildman–Crippen LogP) is 3.90. The Balaban J connectivity index is 1.59. The molecule has 0 bridgehead atoms. The standard InChI is InChI=1S/C27H36N2O5/c1-19-7-9-20(10-8-19)17-28-26(31)27(2)13-6-14-29(18-27)24(30)12-11-21-15-22(32-3)25(34-5)23(16-21)33-4/h7-10,15-16H,6,11-14,17-18H2,1-5H3,(H,28,31). The summed E-state index contributed by atoms with van der Waals surface area (Å²) in [7, 11) is 4.71. The lowest BCUT2D eigenvalue weighted by molar-refractivity contribution is -0.140. The minimum Gasteiger partial charge on any atom is -0.493 e. The Morgan fingerprint density at radius 1 is 1.00 bits per heavy atom. The molecule has 1 N–H and O–H groups in total. The van der Waals surface area contributed by atoms with Gasteiger partial charge in [-0.3, -0.25) is 9.59 Å². The number of ether oxygens (including phenoxy) is 3. The summed E-state index contributed by atoms with van der Waals surface area (Å²) >= 11 is 0. The first-order valence-corrected chi connectivity index (χ1v) is 11.7. The van der Waals surface area contributed by atoms with Crippen LogP contribution in [-0.4, -0.2) is 51.1 Å². The summed E-state index contributed by atoms with van der Waals surface area (Å²) in [6.45, 7) is 5.59. The van der Waals surface area contributed by atoms with Crippen molar-refractivity contribution in [3.8, 4) is 17.2 Å². The number of aryl methyl sites for hydroxylation is 2. The largest absolute Gasteiger partial charge is 0.493 e. The Bertz CT molecular complexity index is 980. The molecule has 1 unspecified atom stereocenters. The zero-order valence-corrected chi connectivity index (χ0v) is 20.9. The van der Waals surface area contributed by atoms with Gasteiger partial charge in [-0.1, -0.05) is 29.8 Å². The number of carbonyl (C=O) groups is 2. The zero-order valence-electron chi connectivity index (χ0n) is 20.9. The summed E-state index contributed by atoms with van der Waals surface area (Å²) in [6.07, 6.45) is 2.47. The van der Waals surface area contributed by atoms with E-state index in [2.05, 4.69) is 5.32 Å². The smallest absolute Gasteiger partial charge is 0.227 e. The molecule has 7 nitrogen and oxygen atoms in total.